The number of aromatic nitrogens is 1. The van der Waals surface area contributed by atoms with Gasteiger partial charge in [-0.3, -0.25) is 0 Å². The molecule has 1 aromatic carbocycles. The van der Waals surface area contributed by atoms with Crippen LogP contribution < -0.4 is 0 Å². The molecule has 0 aliphatic carbocycles. The van der Waals surface area contributed by atoms with Gasteiger partial charge in [-0.25, -0.2) is 4.98 Å². The van der Waals surface area contributed by atoms with E-state index in [4.69, 9.17) is 0 Å². The van der Waals surface area contributed by atoms with Crippen LogP contribution >= 0.6 is 27.3 Å². The fourth-order valence-electron chi connectivity index (χ4n) is 1.83. The van der Waals surface area contributed by atoms with E-state index in [2.05, 4.69) is 52.3 Å². The molecule has 0 amide bonds. The van der Waals surface area contributed by atoms with E-state index in [0.29, 0.717) is 5.92 Å². The Hall–Kier alpha value is -0.710. The molecule has 0 aliphatic rings. The zero-order valence-corrected chi connectivity index (χ0v) is 12.8. The molecule has 0 aliphatic heterocycles. The van der Waals surface area contributed by atoms with Crippen LogP contribution in [0, 0.1) is 5.92 Å². The first-order valence-electron chi connectivity index (χ1n) is 5.94. The van der Waals surface area contributed by atoms with Crippen LogP contribution in [0.15, 0.2) is 34.1 Å². The van der Waals surface area contributed by atoms with Crippen LogP contribution in [0.4, 0.5) is 0 Å². The lowest BCUT2D eigenvalue weighted by molar-refractivity contribution is 0.235. The Morgan fingerprint density at radius 2 is 1.94 bits per heavy atom. The SMILES string of the molecule is CC(C)C(CO)c1csc(-c2ccc(Br)cc2)n1. The molecule has 1 aromatic heterocycles. The number of aliphatic hydroxyl groups excluding tert-OH is 1. The van der Waals surface area contributed by atoms with Gasteiger partial charge in [0.15, 0.2) is 0 Å². The number of benzene rings is 1. The van der Waals surface area contributed by atoms with E-state index in [1.165, 1.54) is 0 Å². The lowest BCUT2D eigenvalue weighted by Crippen LogP contribution is -2.11. The summed E-state index contributed by atoms with van der Waals surface area (Å²) in [5, 5.41) is 12.5. The molecule has 1 N–H and O–H groups in total. The van der Waals surface area contributed by atoms with E-state index in [1.807, 2.05) is 12.1 Å². The predicted octanol–water partition coefficient (Wildman–Crippen LogP) is 4.30. The summed E-state index contributed by atoms with van der Waals surface area (Å²) in [6, 6.07) is 8.14. The zero-order chi connectivity index (χ0) is 13.1. The summed E-state index contributed by atoms with van der Waals surface area (Å²) >= 11 is 5.06. The van der Waals surface area contributed by atoms with Gasteiger partial charge in [0, 0.05) is 21.3 Å². The Bertz CT molecular complexity index is 507. The molecule has 4 heteroatoms. The van der Waals surface area contributed by atoms with Crippen LogP contribution in [0.5, 0.6) is 0 Å². The third-order valence-electron chi connectivity index (χ3n) is 2.99. The molecule has 1 unspecified atom stereocenters. The van der Waals surface area contributed by atoms with E-state index < -0.39 is 0 Å². The van der Waals surface area contributed by atoms with Crippen LogP contribution in [-0.2, 0) is 0 Å². The van der Waals surface area contributed by atoms with Gasteiger partial charge in [0.1, 0.15) is 5.01 Å². The van der Waals surface area contributed by atoms with Crippen LogP contribution in [0.1, 0.15) is 25.5 Å². The summed E-state index contributed by atoms with van der Waals surface area (Å²) in [6.07, 6.45) is 0. The van der Waals surface area contributed by atoms with Gasteiger partial charge in [0.25, 0.3) is 0 Å². The van der Waals surface area contributed by atoms with Gasteiger partial charge >= 0.3 is 0 Å². The van der Waals surface area contributed by atoms with Gasteiger partial charge in [-0.15, -0.1) is 11.3 Å². The molecular formula is C14H16BrNOS. The predicted molar refractivity (Wildman–Crippen MR) is 79.9 cm³/mol. The highest BCUT2D eigenvalue weighted by molar-refractivity contribution is 9.10. The summed E-state index contributed by atoms with van der Waals surface area (Å²) in [5.41, 5.74) is 2.12. The molecule has 0 radical (unpaired) electrons. The van der Waals surface area contributed by atoms with Crippen molar-refractivity contribution in [1.82, 2.24) is 4.98 Å². The Balaban J connectivity index is 2.27. The summed E-state index contributed by atoms with van der Waals surface area (Å²) < 4.78 is 1.07. The van der Waals surface area contributed by atoms with Gasteiger partial charge in [0.05, 0.1) is 12.3 Å². The standard InChI is InChI=1S/C14H16BrNOS/c1-9(2)12(7-17)13-8-18-14(16-13)10-3-5-11(15)6-4-10/h3-6,8-9,12,17H,7H2,1-2H3. The summed E-state index contributed by atoms with van der Waals surface area (Å²) in [7, 11) is 0. The van der Waals surface area contributed by atoms with Crippen molar-refractivity contribution in [2.24, 2.45) is 5.92 Å². The zero-order valence-electron chi connectivity index (χ0n) is 10.4. The van der Waals surface area contributed by atoms with E-state index in [9.17, 15) is 5.11 Å². The van der Waals surface area contributed by atoms with E-state index in [0.717, 1.165) is 20.7 Å². The number of nitrogens with zero attached hydrogens (tertiary/aromatic N) is 1. The first-order chi connectivity index (χ1) is 8.61. The van der Waals surface area contributed by atoms with Crippen molar-refractivity contribution in [3.05, 3.63) is 39.8 Å². The van der Waals surface area contributed by atoms with Crippen LogP contribution in [0.25, 0.3) is 10.6 Å². The molecule has 96 valence electrons. The summed E-state index contributed by atoms with van der Waals surface area (Å²) in [4.78, 5) is 4.65. The molecule has 2 nitrogen and oxygen atoms in total. The second kappa shape index (κ2) is 5.95. The quantitative estimate of drug-likeness (QED) is 0.908. The van der Waals surface area contributed by atoms with Crippen LogP contribution in [0.2, 0.25) is 0 Å². The van der Waals surface area contributed by atoms with E-state index >= 15 is 0 Å². The smallest absolute Gasteiger partial charge is 0.123 e. The highest BCUT2D eigenvalue weighted by Gasteiger charge is 2.18. The largest absolute Gasteiger partial charge is 0.396 e. The van der Waals surface area contributed by atoms with Gasteiger partial charge in [-0.05, 0) is 18.1 Å². The normalized spacial score (nSPS) is 12.9. The Kier molecular flexibility index (Phi) is 4.54. The van der Waals surface area contributed by atoms with Gasteiger partial charge in [-0.2, -0.15) is 0 Å². The fourth-order valence-corrected chi connectivity index (χ4v) is 2.98. The van der Waals surface area contributed by atoms with Crippen LogP contribution in [-0.4, -0.2) is 16.7 Å². The van der Waals surface area contributed by atoms with Crippen molar-refractivity contribution in [3.8, 4) is 10.6 Å². The average Bonchev–Trinajstić information content (AvgIpc) is 2.80. The van der Waals surface area contributed by atoms with E-state index in [1.54, 1.807) is 11.3 Å². The minimum Gasteiger partial charge on any atom is -0.396 e. The topological polar surface area (TPSA) is 33.1 Å². The van der Waals surface area contributed by atoms with Crippen molar-refractivity contribution in [3.63, 3.8) is 0 Å². The highest BCUT2D eigenvalue weighted by Crippen LogP contribution is 2.30. The van der Waals surface area contributed by atoms with Crippen molar-refractivity contribution in [2.45, 2.75) is 19.8 Å². The highest BCUT2D eigenvalue weighted by atomic mass is 79.9. The van der Waals surface area contributed by atoms with Crippen molar-refractivity contribution in [1.29, 1.82) is 0 Å². The minimum absolute atomic E-state index is 0.130. The van der Waals surface area contributed by atoms with E-state index in [-0.39, 0.29) is 12.5 Å². The fraction of sp³-hybridized carbons (Fsp3) is 0.357. The second-order valence-corrected chi connectivity index (χ2v) is 6.39. The third kappa shape index (κ3) is 2.99. The molecule has 0 saturated heterocycles. The molecule has 2 rings (SSSR count). The lowest BCUT2D eigenvalue weighted by atomic mass is 9.94. The molecule has 2 aromatic rings. The number of hydrogen-bond acceptors (Lipinski definition) is 3. The maximum atomic E-state index is 9.42. The lowest BCUT2D eigenvalue weighted by Gasteiger charge is -2.15. The molecule has 0 bridgehead atoms. The molecule has 18 heavy (non-hydrogen) atoms. The number of thiazole rings is 1. The average molecular weight is 326 g/mol. The Labute approximate surface area is 120 Å². The first-order valence-corrected chi connectivity index (χ1v) is 7.61. The maximum absolute atomic E-state index is 9.42. The Morgan fingerprint density at radius 1 is 1.28 bits per heavy atom. The van der Waals surface area contributed by atoms with Gasteiger partial charge < -0.3 is 5.11 Å². The van der Waals surface area contributed by atoms with Gasteiger partial charge in [-0.1, -0.05) is 41.9 Å². The Morgan fingerprint density at radius 3 is 2.50 bits per heavy atom. The molecule has 1 atom stereocenters. The molecule has 0 saturated carbocycles. The van der Waals surface area contributed by atoms with Crippen molar-refractivity contribution >= 4 is 27.3 Å². The van der Waals surface area contributed by atoms with Crippen LogP contribution in [0.3, 0.4) is 0 Å². The molecule has 1 heterocycles. The molecule has 0 spiro atoms. The first kappa shape index (κ1) is 13.7. The van der Waals surface area contributed by atoms with Crippen molar-refractivity contribution in [2.75, 3.05) is 6.61 Å². The maximum Gasteiger partial charge on any atom is 0.123 e. The number of halogens is 1. The second-order valence-electron chi connectivity index (χ2n) is 4.62. The summed E-state index contributed by atoms with van der Waals surface area (Å²) in [6.45, 7) is 4.38. The number of aliphatic hydroxyl groups is 1. The minimum atomic E-state index is 0.130. The number of rotatable bonds is 4. The third-order valence-corrected chi connectivity index (χ3v) is 4.43. The number of hydrogen-bond donors (Lipinski definition) is 1. The summed E-state index contributed by atoms with van der Waals surface area (Å²) in [5.74, 6) is 0.528. The van der Waals surface area contributed by atoms with Gasteiger partial charge in [0.2, 0.25) is 0 Å². The monoisotopic (exact) mass is 325 g/mol. The molecule has 0 fully saturated rings. The molecular weight excluding hydrogens is 310 g/mol. The van der Waals surface area contributed by atoms with Crippen molar-refractivity contribution < 1.29 is 5.11 Å².